The van der Waals surface area contributed by atoms with Crippen molar-refractivity contribution in [1.29, 1.82) is 0 Å². The van der Waals surface area contributed by atoms with E-state index in [1.54, 1.807) is 0 Å². The summed E-state index contributed by atoms with van der Waals surface area (Å²) in [4.78, 5) is 11.1. The lowest BCUT2D eigenvalue weighted by atomic mass is 9.79. The van der Waals surface area contributed by atoms with E-state index in [0.29, 0.717) is 18.1 Å². The van der Waals surface area contributed by atoms with Crippen LogP contribution in [-0.4, -0.2) is 41.7 Å². The highest BCUT2D eigenvalue weighted by molar-refractivity contribution is 6.62. The molecule has 7 heteroatoms. The Morgan fingerprint density at radius 3 is 2.15 bits per heavy atom. The van der Waals surface area contributed by atoms with E-state index in [-0.39, 0.29) is 17.8 Å². The molecule has 0 bridgehead atoms. The normalized spacial score (nSPS) is 20.4. The third-order valence-electron chi connectivity index (χ3n) is 5.23. The van der Waals surface area contributed by atoms with Crippen LogP contribution in [0.5, 0.6) is 5.75 Å². The molecule has 150 valence electrons. The van der Waals surface area contributed by atoms with Crippen LogP contribution in [0.15, 0.2) is 24.3 Å². The summed E-state index contributed by atoms with van der Waals surface area (Å²) in [6.45, 7) is 14.3. The fourth-order valence-corrected chi connectivity index (χ4v) is 3.25. The molecule has 27 heavy (non-hydrogen) atoms. The molecular weight excluding hydrogens is 345 g/mol. The monoisotopic (exact) mass is 377 g/mol. The average Bonchev–Trinajstić information content (AvgIpc) is 2.72. The van der Waals surface area contributed by atoms with Gasteiger partial charge in [0.05, 0.1) is 16.7 Å². The van der Waals surface area contributed by atoms with Crippen LogP contribution in [0, 0.1) is 5.92 Å². The first kappa shape index (κ1) is 21.6. The van der Waals surface area contributed by atoms with Crippen LogP contribution in [0.3, 0.4) is 0 Å². The fourth-order valence-electron chi connectivity index (χ4n) is 3.25. The van der Waals surface area contributed by atoms with Crippen LogP contribution >= 0.6 is 0 Å². The molecule has 1 unspecified atom stereocenters. The molecule has 0 spiro atoms. The number of hydrogen-bond donors (Lipinski definition) is 2. The molecule has 1 heterocycles. The van der Waals surface area contributed by atoms with Gasteiger partial charge in [-0.3, -0.25) is 0 Å². The second-order valence-electron chi connectivity index (χ2n) is 9.03. The van der Waals surface area contributed by atoms with Crippen LogP contribution < -0.4 is 15.5 Å². The van der Waals surface area contributed by atoms with Gasteiger partial charge in [-0.05, 0) is 64.6 Å². The summed E-state index contributed by atoms with van der Waals surface area (Å²) in [5.41, 5.74) is -0.485. The lowest BCUT2D eigenvalue weighted by Crippen LogP contribution is -2.50. The van der Waals surface area contributed by atoms with Gasteiger partial charge in [0.2, 0.25) is 0 Å². The Morgan fingerprint density at radius 2 is 1.70 bits per heavy atom. The van der Waals surface area contributed by atoms with E-state index >= 15 is 0 Å². The molecule has 1 aliphatic rings. The van der Waals surface area contributed by atoms with Crippen LogP contribution in [0.1, 0.15) is 54.9 Å². The number of carbonyl (C=O) groups is 1. The molecule has 0 saturated carbocycles. The summed E-state index contributed by atoms with van der Waals surface area (Å²) < 4.78 is 18.0. The van der Waals surface area contributed by atoms with Gasteiger partial charge in [0, 0.05) is 0 Å². The van der Waals surface area contributed by atoms with Crippen LogP contribution in [0.25, 0.3) is 0 Å². The van der Waals surface area contributed by atoms with Crippen LogP contribution in [-0.2, 0) is 9.31 Å². The summed E-state index contributed by atoms with van der Waals surface area (Å²) in [5.74, 6) is 1.02. The van der Waals surface area contributed by atoms with Gasteiger partial charge in [0.1, 0.15) is 12.4 Å². The first-order chi connectivity index (χ1) is 12.3. The van der Waals surface area contributed by atoms with Crippen molar-refractivity contribution in [3.8, 4) is 5.75 Å². The lowest BCUT2D eigenvalue weighted by Gasteiger charge is -2.32. The van der Waals surface area contributed by atoms with Crippen molar-refractivity contribution in [3.63, 3.8) is 0 Å². The third kappa shape index (κ3) is 5.39. The van der Waals surface area contributed by atoms with Crippen molar-refractivity contribution in [2.75, 3.05) is 6.61 Å². The molecule has 1 saturated heterocycles. The molecule has 0 aliphatic carbocycles. The Hall–Kier alpha value is -1.73. The second-order valence-corrected chi connectivity index (χ2v) is 9.03. The maximum atomic E-state index is 11.1. The topological polar surface area (TPSA) is 77.0 Å². The highest BCUT2D eigenvalue weighted by atomic mass is 16.7. The second kappa shape index (κ2) is 7.72. The molecule has 2 rings (SSSR count). The summed E-state index contributed by atoms with van der Waals surface area (Å²) in [6, 6.07) is 7.55. The number of ether oxygens (including phenoxy) is 1. The van der Waals surface area contributed by atoms with E-state index in [9.17, 15) is 4.79 Å². The minimum absolute atomic E-state index is 0.257. The Morgan fingerprint density at radius 1 is 1.19 bits per heavy atom. The fraction of sp³-hybridized carbons (Fsp3) is 0.650. The Kier molecular flexibility index (Phi) is 6.17. The van der Waals surface area contributed by atoms with Crippen molar-refractivity contribution in [1.82, 2.24) is 5.32 Å². The van der Waals surface area contributed by atoms with Crippen molar-refractivity contribution in [3.05, 3.63) is 24.3 Å². The quantitative estimate of drug-likeness (QED) is 0.712. The lowest BCUT2D eigenvalue weighted by molar-refractivity contribution is 0.00578. The molecule has 0 radical (unpaired) electrons. The van der Waals surface area contributed by atoms with E-state index in [0.717, 1.165) is 5.46 Å². The summed E-state index contributed by atoms with van der Waals surface area (Å²) in [7, 11) is -0.413. The van der Waals surface area contributed by atoms with E-state index in [1.165, 1.54) is 0 Å². The minimum atomic E-state index is -1.04. The predicted molar refractivity (Wildman–Crippen MR) is 107 cm³/mol. The van der Waals surface area contributed by atoms with E-state index in [4.69, 9.17) is 19.2 Å². The van der Waals surface area contributed by atoms with E-state index in [2.05, 4.69) is 19.2 Å². The van der Waals surface area contributed by atoms with Gasteiger partial charge in [-0.25, -0.2) is 4.79 Å². The summed E-state index contributed by atoms with van der Waals surface area (Å²) in [6.07, 6.45) is -0.358. The first-order valence-electron chi connectivity index (χ1n) is 9.43. The van der Waals surface area contributed by atoms with Gasteiger partial charge in [-0.1, -0.05) is 26.0 Å². The summed E-state index contributed by atoms with van der Waals surface area (Å²) >= 11 is 0. The van der Waals surface area contributed by atoms with Crippen LogP contribution in [0.2, 0.25) is 0 Å². The molecular formula is C20H32BNO5. The zero-order valence-electron chi connectivity index (χ0n) is 17.5. The number of nitrogens with one attached hydrogen (secondary N) is 1. The van der Waals surface area contributed by atoms with Gasteiger partial charge in [0.15, 0.2) is 0 Å². The summed E-state index contributed by atoms with van der Waals surface area (Å²) in [5, 5.41) is 11.7. The van der Waals surface area contributed by atoms with Crippen molar-refractivity contribution >= 4 is 18.7 Å². The van der Waals surface area contributed by atoms with Crippen molar-refractivity contribution in [2.45, 2.75) is 71.6 Å². The molecule has 1 aromatic rings. The highest BCUT2D eigenvalue weighted by Gasteiger charge is 2.51. The number of amides is 1. The molecule has 1 aliphatic heterocycles. The average molecular weight is 377 g/mol. The third-order valence-corrected chi connectivity index (χ3v) is 5.23. The zero-order valence-corrected chi connectivity index (χ0v) is 17.5. The largest absolute Gasteiger partial charge is 0.494 e. The Labute approximate surface area is 162 Å². The van der Waals surface area contributed by atoms with Gasteiger partial charge >= 0.3 is 13.2 Å². The zero-order chi connectivity index (χ0) is 20.5. The van der Waals surface area contributed by atoms with Gasteiger partial charge in [-0.15, -0.1) is 0 Å². The molecule has 0 aromatic heterocycles. The van der Waals surface area contributed by atoms with Crippen LogP contribution in [0.4, 0.5) is 4.79 Å². The minimum Gasteiger partial charge on any atom is -0.491 e. The SMILES string of the molecule is CC(C)CC(C)(COc1ccc(B2OC(C)(C)C(C)(C)O2)cc1)NC(=O)O. The van der Waals surface area contributed by atoms with Gasteiger partial charge in [-0.2, -0.15) is 0 Å². The van der Waals surface area contributed by atoms with E-state index < -0.39 is 18.8 Å². The maximum Gasteiger partial charge on any atom is 0.494 e. The molecule has 1 fully saturated rings. The van der Waals surface area contributed by atoms with Crippen molar-refractivity contribution < 1.29 is 23.9 Å². The number of carboxylic acid groups (broad SMARTS) is 1. The van der Waals surface area contributed by atoms with E-state index in [1.807, 2.05) is 58.9 Å². The standard InChI is InChI=1S/C20H32BNO5/c1-14(2)12-20(7,22-17(23)24)13-25-16-10-8-15(9-11-16)21-26-18(3,4)19(5,6)27-21/h8-11,14,22H,12-13H2,1-7H3,(H,23,24). The Bertz CT molecular complexity index is 643. The number of hydrogen-bond acceptors (Lipinski definition) is 4. The van der Waals surface area contributed by atoms with Crippen molar-refractivity contribution in [2.24, 2.45) is 5.92 Å². The predicted octanol–water partition coefficient (Wildman–Crippen LogP) is 3.44. The number of rotatable bonds is 7. The molecule has 1 amide bonds. The van der Waals surface area contributed by atoms with Gasteiger partial charge < -0.3 is 24.5 Å². The highest BCUT2D eigenvalue weighted by Crippen LogP contribution is 2.36. The molecule has 1 atom stereocenters. The smallest absolute Gasteiger partial charge is 0.491 e. The number of benzene rings is 1. The van der Waals surface area contributed by atoms with Gasteiger partial charge in [0.25, 0.3) is 0 Å². The molecule has 1 aromatic carbocycles. The molecule has 6 nitrogen and oxygen atoms in total. The first-order valence-corrected chi connectivity index (χ1v) is 9.43. The molecule has 2 N–H and O–H groups in total. The maximum absolute atomic E-state index is 11.1. The Balaban J connectivity index is 2.02.